The number of likely N-dealkylation sites (tertiary alicyclic amines) is 1. The molecule has 24 heavy (non-hydrogen) atoms. The van der Waals surface area contributed by atoms with Gasteiger partial charge in [-0.15, -0.1) is 0 Å². The first kappa shape index (κ1) is 17.8. The highest BCUT2D eigenvalue weighted by Crippen LogP contribution is 2.25. The summed E-state index contributed by atoms with van der Waals surface area (Å²) in [6.07, 6.45) is 8.41. The van der Waals surface area contributed by atoms with Crippen molar-refractivity contribution in [3.63, 3.8) is 0 Å². The summed E-state index contributed by atoms with van der Waals surface area (Å²) in [4.78, 5) is 2.48. The molecule has 0 aromatic heterocycles. The summed E-state index contributed by atoms with van der Waals surface area (Å²) in [6.45, 7) is 3.03. The lowest BCUT2D eigenvalue weighted by Gasteiger charge is -2.35. The Morgan fingerprint density at radius 3 is 2.46 bits per heavy atom. The van der Waals surface area contributed by atoms with E-state index in [1.165, 1.54) is 50.3 Å². The van der Waals surface area contributed by atoms with Crippen LogP contribution in [0.4, 0.5) is 4.39 Å². The van der Waals surface area contributed by atoms with E-state index in [0.29, 0.717) is 0 Å². The van der Waals surface area contributed by atoms with Crippen molar-refractivity contribution in [2.24, 2.45) is 5.92 Å². The third-order valence-electron chi connectivity index (χ3n) is 5.26. The highest BCUT2D eigenvalue weighted by molar-refractivity contribution is 7.89. The van der Waals surface area contributed by atoms with Crippen LogP contribution < -0.4 is 4.72 Å². The summed E-state index contributed by atoms with van der Waals surface area (Å²) < 4.78 is 40.7. The molecule has 1 saturated heterocycles. The molecule has 1 aromatic carbocycles. The normalized spacial score (nSPS) is 21.9. The lowest BCUT2D eigenvalue weighted by molar-refractivity contribution is 0.161. The minimum absolute atomic E-state index is 0.00661. The van der Waals surface area contributed by atoms with E-state index in [-0.39, 0.29) is 10.9 Å². The van der Waals surface area contributed by atoms with E-state index in [0.717, 1.165) is 44.5 Å². The average molecular weight is 354 g/mol. The first-order chi connectivity index (χ1) is 11.5. The first-order valence-electron chi connectivity index (χ1n) is 9.03. The predicted octanol–water partition coefficient (Wildman–Crippen LogP) is 3.15. The number of nitrogens with one attached hydrogen (secondary N) is 1. The Kier molecular flexibility index (Phi) is 5.89. The van der Waals surface area contributed by atoms with E-state index in [1.807, 2.05) is 0 Å². The third-order valence-corrected chi connectivity index (χ3v) is 6.78. The van der Waals surface area contributed by atoms with Crippen LogP contribution >= 0.6 is 0 Å². The Bertz CT molecular complexity index is 636. The molecule has 0 unspecified atom stereocenters. The van der Waals surface area contributed by atoms with Gasteiger partial charge in [-0.25, -0.2) is 17.5 Å². The molecule has 0 atom stereocenters. The van der Waals surface area contributed by atoms with Crippen LogP contribution in [-0.2, 0) is 10.0 Å². The Hall–Kier alpha value is -0.980. The van der Waals surface area contributed by atoms with Gasteiger partial charge in [-0.05, 0) is 62.9 Å². The molecule has 6 heteroatoms. The monoisotopic (exact) mass is 354 g/mol. The molecule has 1 saturated carbocycles. The fraction of sp³-hybridized carbons (Fsp3) is 0.667. The molecular formula is C18H27FN2O2S. The van der Waals surface area contributed by atoms with Gasteiger partial charge in [0.25, 0.3) is 0 Å². The number of rotatable bonds is 5. The lowest BCUT2D eigenvalue weighted by Crippen LogP contribution is -2.45. The van der Waals surface area contributed by atoms with E-state index < -0.39 is 15.8 Å². The summed E-state index contributed by atoms with van der Waals surface area (Å²) in [7, 11) is -3.64. The molecule has 0 bridgehead atoms. The predicted molar refractivity (Wildman–Crippen MR) is 92.8 cm³/mol. The first-order valence-corrected chi connectivity index (χ1v) is 10.5. The van der Waals surface area contributed by atoms with E-state index in [9.17, 15) is 12.8 Å². The second-order valence-electron chi connectivity index (χ2n) is 7.16. The quantitative estimate of drug-likeness (QED) is 0.884. The Morgan fingerprint density at radius 1 is 1.08 bits per heavy atom. The molecule has 0 spiro atoms. The average Bonchev–Trinajstić information content (AvgIpc) is 2.57. The van der Waals surface area contributed by atoms with Crippen molar-refractivity contribution in [1.29, 1.82) is 0 Å². The van der Waals surface area contributed by atoms with Crippen molar-refractivity contribution in [3.8, 4) is 0 Å². The number of benzene rings is 1. The second-order valence-corrected chi connectivity index (χ2v) is 8.87. The minimum atomic E-state index is -3.64. The molecule has 4 nitrogen and oxygen atoms in total. The molecule has 0 amide bonds. The smallest absolute Gasteiger partial charge is 0.240 e. The zero-order chi connectivity index (χ0) is 17.0. The molecule has 1 N–H and O–H groups in total. The Balaban J connectivity index is 1.49. The van der Waals surface area contributed by atoms with Gasteiger partial charge < -0.3 is 4.90 Å². The van der Waals surface area contributed by atoms with Crippen LogP contribution in [-0.4, -0.2) is 39.0 Å². The lowest BCUT2D eigenvalue weighted by atomic mass is 9.88. The van der Waals surface area contributed by atoms with Gasteiger partial charge in [0, 0.05) is 12.6 Å². The van der Waals surface area contributed by atoms with Crippen molar-refractivity contribution < 1.29 is 12.8 Å². The maximum Gasteiger partial charge on any atom is 0.240 e. The number of halogens is 1. The molecule has 3 rings (SSSR count). The summed E-state index contributed by atoms with van der Waals surface area (Å²) in [5.74, 6) is 0.291. The molecular weight excluding hydrogens is 327 g/mol. The van der Waals surface area contributed by atoms with Crippen molar-refractivity contribution in [2.45, 2.75) is 55.9 Å². The second kappa shape index (κ2) is 7.93. The zero-order valence-electron chi connectivity index (χ0n) is 14.1. The van der Waals surface area contributed by atoms with E-state index in [1.54, 1.807) is 0 Å². The van der Waals surface area contributed by atoms with Gasteiger partial charge in [-0.1, -0.05) is 25.3 Å². The fourth-order valence-corrected chi connectivity index (χ4v) is 5.23. The molecule has 1 heterocycles. The van der Waals surface area contributed by atoms with E-state index in [4.69, 9.17) is 0 Å². The van der Waals surface area contributed by atoms with Crippen LogP contribution in [0, 0.1) is 11.7 Å². The van der Waals surface area contributed by atoms with Crippen LogP contribution in [0.5, 0.6) is 0 Å². The molecule has 134 valence electrons. The van der Waals surface area contributed by atoms with Gasteiger partial charge in [0.2, 0.25) is 10.0 Å². The third kappa shape index (κ3) is 4.77. The van der Waals surface area contributed by atoms with Crippen LogP contribution in [0.1, 0.15) is 44.9 Å². The maximum atomic E-state index is 13.3. The Morgan fingerprint density at radius 2 is 1.79 bits per heavy atom. The molecule has 1 aliphatic carbocycles. The van der Waals surface area contributed by atoms with Crippen molar-refractivity contribution in [1.82, 2.24) is 9.62 Å². The van der Waals surface area contributed by atoms with Crippen LogP contribution in [0.25, 0.3) is 0 Å². The van der Waals surface area contributed by atoms with Gasteiger partial charge in [0.1, 0.15) is 5.82 Å². The number of sulfonamides is 1. The maximum absolute atomic E-state index is 13.3. The molecule has 0 radical (unpaired) electrons. The van der Waals surface area contributed by atoms with Crippen LogP contribution in [0.3, 0.4) is 0 Å². The molecule has 2 aliphatic rings. The highest BCUT2D eigenvalue weighted by atomic mass is 32.2. The van der Waals surface area contributed by atoms with Crippen molar-refractivity contribution in [3.05, 3.63) is 30.1 Å². The van der Waals surface area contributed by atoms with Gasteiger partial charge in [0.15, 0.2) is 0 Å². The molecule has 1 aromatic rings. The summed E-state index contributed by atoms with van der Waals surface area (Å²) in [5, 5.41) is 0. The Labute approximate surface area is 144 Å². The van der Waals surface area contributed by atoms with Gasteiger partial charge >= 0.3 is 0 Å². The largest absolute Gasteiger partial charge is 0.303 e. The zero-order valence-corrected chi connectivity index (χ0v) is 14.9. The van der Waals surface area contributed by atoms with E-state index >= 15 is 0 Å². The summed E-state index contributed by atoms with van der Waals surface area (Å²) >= 11 is 0. The minimum Gasteiger partial charge on any atom is -0.303 e. The van der Waals surface area contributed by atoms with Gasteiger partial charge in [-0.2, -0.15) is 0 Å². The van der Waals surface area contributed by atoms with E-state index in [2.05, 4.69) is 9.62 Å². The number of piperidine rings is 1. The number of hydrogen-bond acceptors (Lipinski definition) is 3. The fourth-order valence-electron chi connectivity index (χ4n) is 3.89. The summed E-state index contributed by atoms with van der Waals surface area (Å²) in [5.41, 5.74) is 0. The van der Waals surface area contributed by atoms with Crippen molar-refractivity contribution >= 4 is 10.0 Å². The molecule has 2 fully saturated rings. The van der Waals surface area contributed by atoms with Crippen molar-refractivity contribution in [2.75, 3.05) is 19.6 Å². The topological polar surface area (TPSA) is 49.4 Å². The highest BCUT2D eigenvalue weighted by Gasteiger charge is 2.26. The van der Waals surface area contributed by atoms with Gasteiger partial charge in [0.05, 0.1) is 4.90 Å². The van der Waals surface area contributed by atoms with Crippen LogP contribution in [0.2, 0.25) is 0 Å². The number of hydrogen-bond donors (Lipinski definition) is 1. The van der Waals surface area contributed by atoms with Gasteiger partial charge in [-0.3, -0.25) is 0 Å². The van der Waals surface area contributed by atoms with Crippen LogP contribution in [0.15, 0.2) is 29.2 Å². The summed E-state index contributed by atoms with van der Waals surface area (Å²) in [6, 6.07) is 5.13. The number of nitrogens with zero attached hydrogens (tertiary/aromatic N) is 1. The standard InChI is InChI=1S/C18H27FN2O2S/c19-16-7-4-8-18(13-16)24(22,23)20-17-9-11-21(12-10-17)14-15-5-2-1-3-6-15/h4,7-8,13,15,17,20H,1-3,5-6,9-12,14H2. The SMILES string of the molecule is O=S(=O)(NC1CCN(CC2CCCCC2)CC1)c1cccc(F)c1. The molecule has 1 aliphatic heterocycles.